The number of aliphatic carboxylic acids is 1. The first kappa shape index (κ1) is 18.9. The Kier molecular flexibility index (Phi) is 5.98. The predicted octanol–water partition coefficient (Wildman–Crippen LogP) is 2.28. The van der Waals surface area contributed by atoms with Gasteiger partial charge in [-0.1, -0.05) is 30.3 Å². The summed E-state index contributed by atoms with van der Waals surface area (Å²) in [4.78, 5) is 18.6. The number of piperidine rings is 1. The molecule has 1 aliphatic rings. The van der Waals surface area contributed by atoms with Crippen molar-refractivity contribution in [3.8, 4) is 0 Å². The summed E-state index contributed by atoms with van der Waals surface area (Å²) in [7, 11) is 2.13. The van der Waals surface area contributed by atoms with Gasteiger partial charge in [0.15, 0.2) is 5.82 Å². The van der Waals surface area contributed by atoms with E-state index >= 15 is 0 Å². The number of rotatable bonds is 7. The molecule has 0 atom stereocenters. The van der Waals surface area contributed by atoms with Gasteiger partial charge in [0.1, 0.15) is 12.4 Å². The number of nitrogens with zero attached hydrogens (tertiary/aromatic N) is 4. The van der Waals surface area contributed by atoms with Gasteiger partial charge in [0.2, 0.25) is 0 Å². The summed E-state index contributed by atoms with van der Waals surface area (Å²) in [5.74, 6) is 1.58. The predicted molar refractivity (Wildman–Crippen MR) is 104 cm³/mol. The zero-order chi connectivity index (χ0) is 18.6. The molecule has 2 heterocycles. The highest BCUT2D eigenvalue weighted by atomic mass is 32.2. The summed E-state index contributed by atoms with van der Waals surface area (Å²) in [6.45, 7) is 1.76. The molecule has 26 heavy (non-hydrogen) atoms. The normalized spacial score (nSPS) is 17.3. The highest BCUT2D eigenvalue weighted by Crippen LogP contribution is 2.40. The van der Waals surface area contributed by atoms with Gasteiger partial charge < -0.3 is 10.0 Å². The van der Waals surface area contributed by atoms with E-state index in [1.54, 1.807) is 16.4 Å². The Bertz CT molecular complexity index is 739. The third-order valence-electron chi connectivity index (χ3n) is 5.13. The molecule has 7 heteroatoms. The van der Waals surface area contributed by atoms with Gasteiger partial charge in [-0.15, -0.1) is 0 Å². The van der Waals surface area contributed by atoms with Gasteiger partial charge >= 0.3 is 5.97 Å². The van der Waals surface area contributed by atoms with Crippen molar-refractivity contribution in [1.82, 2.24) is 19.7 Å². The Labute approximate surface area is 158 Å². The van der Waals surface area contributed by atoms with Crippen molar-refractivity contribution >= 4 is 17.7 Å². The molecule has 0 aliphatic carbocycles. The third kappa shape index (κ3) is 3.94. The minimum absolute atomic E-state index is 0.147. The van der Waals surface area contributed by atoms with E-state index in [1.807, 2.05) is 18.2 Å². The van der Waals surface area contributed by atoms with Gasteiger partial charge in [-0.3, -0.25) is 4.79 Å². The zero-order valence-electron chi connectivity index (χ0n) is 15.4. The number of hydrogen-bond donors (Lipinski definition) is 1. The summed E-state index contributed by atoms with van der Waals surface area (Å²) < 4.78 is 1.62. The number of aromatic nitrogens is 3. The largest absolute Gasteiger partial charge is 0.480 e. The molecule has 0 spiro atoms. The molecule has 0 saturated carbocycles. The second kappa shape index (κ2) is 8.22. The highest BCUT2D eigenvalue weighted by Gasteiger charge is 2.41. The maximum absolute atomic E-state index is 11.4. The van der Waals surface area contributed by atoms with Crippen LogP contribution in [0.5, 0.6) is 0 Å². The lowest BCUT2D eigenvalue weighted by Gasteiger charge is -2.40. The van der Waals surface area contributed by atoms with E-state index in [0.717, 1.165) is 49.8 Å². The lowest BCUT2D eigenvalue weighted by Crippen LogP contribution is -2.43. The van der Waals surface area contributed by atoms with Crippen LogP contribution in [-0.4, -0.2) is 62.9 Å². The van der Waals surface area contributed by atoms with E-state index in [-0.39, 0.29) is 12.0 Å². The molecule has 1 fully saturated rings. The molecule has 0 bridgehead atoms. The van der Waals surface area contributed by atoms with Crippen molar-refractivity contribution in [2.45, 2.75) is 31.2 Å². The van der Waals surface area contributed by atoms with Crippen LogP contribution in [0.2, 0.25) is 0 Å². The minimum atomic E-state index is -0.885. The Morgan fingerprint density at radius 2 is 1.96 bits per heavy atom. The first-order valence-corrected chi connectivity index (χ1v) is 10.3. The molecule has 140 valence electrons. The molecular formula is C19H26N4O2S. The van der Waals surface area contributed by atoms with E-state index in [4.69, 9.17) is 4.98 Å². The summed E-state index contributed by atoms with van der Waals surface area (Å²) in [5, 5.41) is 13.9. The number of carbonyl (C=O) groups is 1. The topological polar surface area (TPSA) is 71.2 Å². The van der Waals surface area contributed by atoms with Crippen LogP contribution in [0.1, 0.15) is 30.1 Å². The van der Waals surface area contributed by atoms with E-state index in [9.17, 15) is 9.90 Å². The molecule has 0 amide bonds. The summed E-state index contributed by atoms with van der Waals surface area (Å²) in [6.07, 6.45) is 4.63. The second-order valence-electron chi connectivity index (χ2n) is 6.90. The van der Waals surface area contributed by atoms with Crippen LogP contribution in [0.15, 0.2) is 30.3 Å². The fourth-order valence-corrected chi connectivity index (χ4v) is 4.07. The maximum atomic E-state index is 11.4. The van der Waals surface area contributed by atoms with E-state index in [2.05, 4.69) is 35.4 Å². The van der Waals surface area contributed by atoms with E-state index < -0.39 is 5.97 Å². The van der Waals surface area contributed by atoms with Crippen molar-refractivity contribution in [1.29, 1.82) is 0 Å². The van der Waals surface area contributed by atoms with Crippen molar-refractivity contribution in [2.75, 3.05) is 32.1 Å². The first-order chi connectivity index (χ1) is 12.5. The van der Waals surface area contributed by atoms with Crippen LogP contribution < -0.4 is 0 Å². The second-order valence-corrected chi connectivity index (χ2v) is 7.88. The molecular weight excluding hydrogens is 348 g/mol. The molecule has 0 radical (unpaired) electrons. The number of likely N-dealkylation sites (tertiary alicyclic amines) is 1. The molecule has 6 nitrogen and oxygen atoms in total. The fraction of sp³-hybridized carbons (Fsp3) is 0.526. The van der Waals surface area contributed by atoms with Crippen molar-refractivity contribution in [3.63, 3.8) is 0 Å². The number of thioether (sulfide) groups is 1. The Hall–Kier alpha value is -1.86. The van der Waals surface area contributed by atoms with Gasteiger partial charge in [-0.25, -0.2) is 9.67 Å². The van der Waals surface area contributed by atoms with Crippen molar-refractivity contribution in [3.05, 3.63) is 47.5 Å². The number of hydrogen-bond acceptors (Lipinski definition) is 5. The standard InChI is InChI=1S/C19H26N4O2S/c1-22-11-9-19(10-12-22,15-6-4-3-5-7-15)18-20-16(8-13-26-2)21-23(18)14-17(24)25/h3-7H,8-14H2,1-2H3,(H,24,25). The lowest BCUT2D eigenvalue weighted by atomic mass is 9.72. The first-order valence-electron chi connectivity index (χ1n) is 8.94. The van der Waals surface area contributed by atoms with Gasteiger partial charge in [-0.2, -0.15) is 16.9 Å². The number of carboxylic acid groups (broad SMARTS) is 1. The maximum Gasteiger partial charge on any atom is 0.325 e. The number of aryl methyl sites for hydroxylation is 1. The summed E-state index contributed by atoms with van der Waals surface area (Å²) in [6, 6.07) is 10.4. The van der Waals surface area contributed by atoms with Crippen LogP contribution in [0.4, 0.5) is 0 Å². The van der Waals surface area contributed by atoms with Crippen LogP contribution >= 0.6 is 11.8 Å². The van der Waals surface area contributed by atoms with Crippen LogP contribution in [0, 0.1) is 0 Å². The van der Waals surface area contributed by atoms with Gasteiger partial charge in [-0.05, 0) is 44.8 Å². The smallest absolute Gasteiger partial charge is 0.325 e. The van der Waals surface area contributed by atoms with E-state index in [1.165, 1.54) is 5.56 Å². The van der Waals surface area contributed by atoms with Crippen molar-refractivity contribution < 1.29 is 9.90 Å². The average Bonchev–Trinajstić information content (AvgIpc) is 3.04. The molecule has 1 saturated heterocycles. The molecule has 0 unspecified atom stereocenters. The lowest BCUT2D eigenvalue weighted by molar-refractivity contribution is -0.138. The Balaban J connectivity index is 2.08. The average molecular weight is 375 g/mol. The molecule has 2 aromatic rings. The number of carboxylic acids is 1. The van der Waals surface area contributed by atoms with Gasteiger partial charge in [0, 0.05) is 12.2 Å². The molecule has 3 rings (SSSR count). The molecule has 1 aliphatic heterocycles. The third-order valence-corrected chi connectivity index (χ3v) is 5.74. The summed E-state index contributed by atoms with van der Waals surface area (Å²) in [5.41, 5.74) is 0.914. The highest BCUT2D eigenvalue weighted by molar-refractivity contribution is 7.98. The minimum Gasteiger partial charge on any atom is -0.480 e. The fourth-order valence-electron chi connectivity index (χ4n) is 3.68. The Morgan fingerprint density at radius 3 is 2.58 bits per heavy atom. The van der Waals surface area contributed by atoms with Crippen molar-refractivity contribution in [2.24, 2.45) is 0 Å². The quantitative estimate of drug-likeness (QED) is 0.802. The van der Waals surface area contributed by atoms with Crippen LogP contribution in [0.3, 0.4) is 0 Å². The summed E-state index contributed by atoms with van der Waals surface area (Å²) >= 11 is 1.74. The monoisotopic (exact) mass is 374 g/mol. The number of benzene rings is 1. The van der Waals surface area contributed by atoms with Gasteiger partial charge in [0.25, 0.3) is 0 Å². The Morgan fingerprint density at radius 1 is 1.27 bits per heavy atom. The van der Waals surface area contributed by atoms with Gasteiger partial charge in [0.05, 0.1) is 5.41 Å². The SMILES string of the molecule is CSCCc1nc(C2(c3ccccc3)CCN(C)CC2)n(CC(=O)O)n1. The van der Waals surface area contributed by atoms with Crippen LogP contribution in [0.25, 0.3) is 0 Å². The van der Waals surface area contributed by atoms with Crippen LogP contribution in [-0.2, 0) is 23.2 Å². The molecule has 1 N–H and O–H groups in total. The molecule has 1 aromatic carbocycles. The zero-order valence-corrected chi connectivity index (χ0v) is 16.2. The van der Waals surface area contributed by atoms with E-state index in [0.29, 0.717) is 0 Å². The molecule has 1 aromatic heterocycles.